The van der Waals surface area contributed by atoms with Gasteiger partial charge in [-0.15, -0.1) is 0 Å². The first kappa shape index (κ1) is 18.1. The number of hydrogen-bond acceptors (Lipinski definition) is 6. The third-order valence-corrected chi connectivity index (χ3v) is 4.60. The molecule has 25 heavy (non-hydrogen) atoms. The van der Waals surface area contributed by atoms with E-state index in [2.05, 4.69) is 10.3 Å². The number of carbonyl (C=O) groups is 1. The summed E-state index contributed by atoms with van der Waals surface area (Å²) in [4.78, 5) is 14.7. The van der Waals surface area contributed by atoms with E-state index in [1.54, 1.807) is 6.07 Å². The fourth-order valence-corrected chi connectivity index (χ4v) is 3.37. The summed E-state index contributed by atoms with van der Waals surface area (Å²) in [6.45, 7) is 0.675. The van der Waals surface area contributed by atoms with Gasteiger partial charge in [0.2, 0.25) is 5.91 Å². The normalized spacial score (nSPS) is 32.7. The average Bonchev–Trinajstić information content (AvgIpc) is 3.04. The van der Waals surface area contributed by atoms with Crippen molar-refractivity contribution >= 4 is 28.7 Å². The lowest BCUT2D eigenvalue weighted by molar-refractivity contribution is -0.314. The molecule has 1 aromatic heterocycles. The van der Waals surface area contributed by atoms with E-state index in [0.717, 1.165) is 10.9 Å². The fourth-order valence-electron chi connectivity index (χ4n) is 3.15. The molecule has 1 saturated heterocycles. The third kappa shape index (κ3) is 3.01. The summed E-state index contributed by atoms with van der Waals surface area (Å²) in [6.07, 6.45) is -4.09. The van der Waals surface area contributed by atoms with E-state index in [-0.39, 0.29) is 0 Å². The molecular formula is C16H19ClN2O6. The summed E-state index contributed by atoms with van der Waals surface area (Å²) in [7, 11) is 0. The van der Waals surface area contributed by atoms with Crippen molar-refractivity contribution in [3.63, 3.8) is 0 Å². The maximum Gasteiger partial charge on any atom is 0.252 e. The number of rotatable bonds is 4. The second-order valence-corrected chi connectivity index (χ2v) is 6.17. The zero-order valence-electron chi connectivity index (χ0n) is 13.3. The number of aromatic nitrogens is 1. The van der Waals surface area contributed by atoms with Crippen molar-refractivity contribution in [2.75, 3.05) is 6.61 Å². The van der Waals surface area contributed by atoms with Crippen molar-refractivity contribution < 1.29 is 29.1 Å². The van der Waals surface area contributed by atoms with Crippen molar-refractivity contribution in [3.05, 3.63) is 36.0 Å². The van der Waals surface area contributed by atoms with Crippen LogP contribution in [0.2, 0.25) is 0 Å². The zero-order valence-corrected chi connectivity index (χ0v) is 14.1. The minimum absolute atomic E-state index is 0.326. The van der Waals surface area contributed by atoms with E-state index in [4.69, 9.17) is 20.9 Å². The molecule has 1 aromatic carbocycles. The van der Waals surface area contributed by atoms with E-state index in [9.17, 15) is 20.1 Å². The average molecular weight is 371 g/mol. The molecule has 0 bridgehead atoms. The predicted molar refractivity (Wildman–Crippen MR) is 88.5 cm³/mol. The highest BCUT2D eigenvalue weighted by Gasteiger charge is 2.57. The molecule has 3 rings (SSSR count). The Kier molecular flexibility index (Phi) is 5.01. The molecule has 5 atom stereocenters. The van der Waals surface area contributed by atoms with Crippen LogP contribution in [0.5, 0.6) is 0 Å². The number of carbonyl (C=O) groups excluding carboxylic acids is 1. The Morgan fingerprint density at radius 1 is 1.40 bits per heavy atom. The molecular weight excluding hydrogens is 352 g/mol. The molecule has 2 aromatic rings. The van der Waals surface area contributed by atoms with Crippen LogP contribution in [0.1, 0.15) is 12.6 Å². The summed E-state index contributed by atoms with van der Waals surface area (Å²) in [5.41, 5.74) is 1.09. The van der Waals surface area contributed by atoms with Gasteiger partial charge >= 0.3 is 0 Å². The number of benzene rings is 1. The van der Waals surface area contributed by atoms with E-state index >= 15 is 0 Å². The minimum Gasteiger partial charge on any atom is -0.394 e. The number of amides is 1. The first-order valence-electron chi connectivity index (χ1n) is 7.73. The Morgan fingerprint density at radius 3 is 2.72 bits per heavy atom. The Bertz CT molecular complexity index is 735. The van der Waals surface area contributed by atoms with Gasteiger partial charge in [0.1, 0.15) is 24.4 Å². The van der Waals surface area contributed by atoms with Crippen molar-refractivity contribution in [2.24, 2.45) is 0 Å². The van der Waals surface area contributed by atoms with Crippen LogP contribution >= 0.6 is 11.9 Å². The third-order valence-electron chi connectivity index (χ3n) is 4.37. The summed E-state index contributed by atoms with van der Waals surface area (Å²) < 4.78 is 10.8. The number of hydrogen-bond donors (Lipinski definition) is 5. The van der Waals surface area contributed by atoms with Gasteiger partial charge in [-0.25, -0.2) is 4.29 Å². The SMILES string of the molecule is CC(=O)N[C@@H]1[C@@H](O)[C@@H](O)[C@@H](CO)O[C@]1(OCl)c1cc2ccccc2[nH]1. The maximum atomic E-state index is 11.6. The van der Waals surface area contributed by atoms with E-state index < -0.39 is 42.7 Å². The molecule has 1 fully saturated rings. The van der Waals surface area contributed by atoms with Crippen LogP contribution < -0.4 is 5.32 Å². The Morgan fingerprint density at radius 2 is 2.12 bits per heavy atom. The molecule has 0 radical (unpaired) electrons. The van der Waals surface area contributed by atoms with Gasteiger partial charge in [-0.3, -0.25) is 4.79 Å². The largest absolute Gasteiger partial charge is 0.394 e. The van der Waals surface area contributed by atoms with Crippen LogP contribution in [-0.4, -0.2) is 57.2 Å². The number of aromatic amines is 1. The number of para-hydroxylation sites is 1. The molecule has 0 unspecified atom stereocenters. The standard InChI is InChI=1S/C16H19ClN2O6/c1-8(21)18-15-14(23)13(22)11(7-20)24-16(15,25-17)12-6-9-4-2-3-5-10(9)19-12/h2-6,11,13-15,19-20,22-23H,7H2,1H3,(H,18,21)/t11-,13+,14+,15-,16+/m1/s1. The maximum absolute atomic E-state index is 11.6. The second-order valence-electron chi connectivity index (χ2n) is 6.01. The molecule has 1 aliphatic heterocycles. The van der Waals surface area contributed by atoms with Gasteiger partial charge in [0.25, 0.3) is 5.79 Å². The molecule has 2 heterocycles. The predicted octanol–water partition coefficient (Wildman–Crippen LogP) is 0.109. The highest BCUT2D eigenvalue weighted by atomic mass is 35.5. The summed E-state index contributed by atoms with van der Waals surface area (Å²) in [5, 5.41) is 33.4. The Hall–Kier alpha value is -1.68. The Balaban J connectivity index is 2.14. The lowest BCUT2D eigenvalue weighted by atomic mass is 9.88. The molecule has 1 aliphatic rings. The highest BCUT2D eigenvalue weighted by molar-refractivity contribution is 6.07. The van der Waals surface area contributed by atoms with Gasteiger partial charge in [-0.05, 0) is 17.5 Å². The van der Waals surface area contributed by atoms with Gasteiger partial charge in [-0.2, -0.15) is 0 Å². The van der Waals surface area contributed by atoms with Crippen molar-refractivity contribution in [1.29, 1.82) is 0 Å². The number of nitrogens with one attached hydrogen (secondary N) is 2. The molecule has 8 nitrogen and oxygen atoms in total. The molecule has 0 saturated carbocycles. The minimum atomic E-state index is -1.84. The topological polar surface area (TPSA) is 124 Å². The van der Waals surface area contributed by atoms with E-state index in [1.807, 2.05) is 24.3 Å². The van der Waals surface area contributed by atoms with Crippen LogP contribution in [0.3, 0.4) is 0 Å². The summed E-state index contributed by atoms with van der Waals surface area (Å²) in [5.74, 6) is -2.31. The highest BCUT2D eigenvalue weighted by Crippen LogP contribution is 2.41. The quantitative estimate of drug-likeness (QED) is 0.520. The zero-order chi connectivity index (χ0) is 18.2. The molecule has 9 heteroatoms. The van der Waals surface area contributed by atoms with Crippen LogP contribution in [0.25, 0.3) is 10.9 Å². The first-order valence-corrected chi connectivity index (χ1v) is 8.03. The van der Waals surface area contributed by atoms with Gasteiger partial charge in [0.05, 0.1) is 24.2 Å². The number of H-pyrrole nitrogens is 1. The van der Waals surface area contributed by atoms with E-state index in [0.29, 0.717) is 5.69 Å². The molecule has 0 aliphatic carbocycles. The number of aliphatic hydroxyl groups excluding tert-OH is 3. The number of aliphatic hydroxyl groups is 3. The fraction of sp³-hybridized carbons (Fsp3) is 0.438. The summed E-state index contributed by atoms with van der Waals surface area (Å²) >= 11 is 5.74. The molecule has 136 valence electrons. The number of fused-ring (bicyclic) bond motifs is 1. The van der Waals surface area contributed by atoms with Gasteiger partial charge in [-0.1, -0.05) is 18.2 Å². The summed E-state index contributed by atoms with van der Waals surface area (Å²) in [6, 6.07) is 7.84. The lowest BCUT2D eigenvalue weighted by Gasteiger charge is -2.48. The van der Waals surface area contributed by atoms with Crippen LogP contribution in [-0.2, 0) is 19.6 Å². The lowest BCUT2D eigenvalue weighted by Crippen LogP contribution is -2.68. The van der Waals surface area contributed by atoms with Crippen LogP contribution in [0.15, 0.2) is 30.3 Å². The Labute approximate surface area is 148 Å². The number of ether oxygens (including phenoxy) is 1. The van der Waals surface area contributed by atoms with Crippen molar-refractivity contribution in [3.8, 4) is 0 Å². The smallest absolute Gasteiger partial charge is 0.252 e. The molecule has 1 amide bonds. The van der Waals surface area contributed by atoms with E-state index in [1.165, 1.54) is 6.92 Å². The molecule has 5 N–H and O–H groups in total. The van der Waals surface area contributed by atoms with Gasteiger partial charge in [0.15, 0.2) is 0 Å². The second kappa shape index (κ2) is 6.91. The van der Waals surface area contributed by atoms with Gasteiger partial charge in [0, 0.05) is 12.4 Å². The van der Waals surface area contributed by atoms with Gasteiger partial charge < -0.3 is 30.4 Å². The number of halogens is 1. The van der Waals surface area contributed by atoms with Crippen molar-refractivity contribution in [2.45, 2.75) is 37.1 Å². The first-order chi connectivity index (χ1) is 11.9. The van der Waals surface area contributed by atoms with Crippen molar-refractivity contribution in [1.82, 2.24) is 10.3 Å². The van der Waals surface area contributed by atoms with Crippen LogP contribution in [0.4, 0.5) is 0 Å². The monoisotopic (exact) mass is 370 g/mol. The molecule has 0 spiro atoms. The van der Waals surface area contributed by atoms with Crippen LogP contribution in [0, 0.1) is 0 Å².